The molecule has 4 nitrogen and oxygen atoms in total. The number of anilines is 1. The Morgan fingerprint density at radius 2 is 2.50 bits per heavy atom. The predicted molar refractivity (Wildman–Crippen MR) is 47.1 cm³/mol. The van der Waals surface area contributed by atoms with Gasteiger partial charge in [-0.15, -0.1) is 0 Å². The van der Waals surface area contributed by atoms with E-state index in [1.165, 1.54) is 11.5 Å². The maximum atomic E-state index is 5.44. The molecule has 1 aromatic heterocycles. The van der Waals surface area contributed by atoms with Crippen LogP contribution in [0.1, 0.15) is 24.3 Å². The molecule has 5 heteroatoms. The molecule has 1 aromatic rings. The van der Waals surface area contributed by atoms with Crippen molar-refractivity contribution >= 4 is 17.5 Å². The van der Waals surface area contributed by atoms with Crippen LogP contribution in [-0.4, -0.2) is 22.1 Å². The first-order valence-corrected chi connectivity index (χ1v) is 4.75. The Morgan fingerprint density at radius 1 is 1.67 bits per heavy atom. The van der Waals surface area contributed by atoms with E-state index in [0.29, 0.717) is 11.9 Å². The zero-order valence-corrected chi connectivity index (χ0v) is 7.67. The number of hydrogen-bond donors (Lipinski definition) is 1. The van der Waals surface area contributed by atoms with Gasteiger partial charge in [-0.3, -0.25) is 0 Å². The normalized spacial score (nSPS) is 29.4. The SMILES string of the molecule is CC1OCCC1c1nc(N)ns1. The molecule has 0 saturated carbocycles. The Hall–Kier alpha value is -0.680. The van der Waals surface area contributed by atoms with Gasteiger partial charge >= 0.3 is 0 Å². The van der Waals surface area contributed by atoms with E-state index < -0.39 is 0 Å². The molecule has 0 bridgehead atoms. The van der Waals surface area contributed by atoms with E-state index in [9.17, 15) is 0 Å². The number of nitrogens with two attached hydrogens (primary N) is 1. The summed E-state index contributed by atoms with van der Waals surface area (Å²) in [7, 11) is 0. The lowest BCUT2D eigenvalue weighted by Gasteiger charge is -2.08. The molecular formula is C7H11N3OS. The summed E-state index contributed by atoms with van der Waals surface area (Å²) in [6.07, 6.45) is 1.30. The van der Waals surface area contributed by atoms with Gasteiger partial charge in [0.25, 0.3) is 0 Å². The van der Waals surface area contributed by atoms with Gasteiger partial charge in [0.1, 0.15) is 5.01 Å². The summed E-state index contributed by atoms with van der Waals surface area (Å²) in [6, 6.07) is 0. The van der Waals surface area contributed by atoms with Crippen LogP contribution in [0.2, 0.25) is 0 Å². The van der Waals surface area contributed by atoms with Gasteiger partial charge in [-0.05, 0) is 24.9 Å². The third-order valence-electron chi connectivity index (χ3n) is 2.15. The van der Waals surface area contributed by atoms with Crippen LogP contribution in [0.5, 0.6) is 0 Å². The molecule has 0 spiro atoms. The summed E-state index contributed by atoms with van der Waals surface area (Å²) in [4.78, 5) is 4.15. The maximum absolute atomic E-state index is 5.44. The minimum Gasteiger partial charge on any atom is -0.378 e. The first-order chi connectivity index (χ1) is 5.77. The van der Waals surface area contributed by atoms with Gasteiger partial charge in [-0.2, -0.15) is 4.37 Å². The molecule has 1 aliphatic heterocycles. The minimum atomic E-state index is 0.261. The third kappa shape index (κ3) is 1.30. The number of aromatic nitrogens is 2. The summed E-state index contributed by atoms with van der Waals surface area (Å²) >= 11 is 1.38. The Morgan fingerprint density at radius 3 is 3.00 bits per heavy atom. The number of nitrogens with zero attached hydrogens (tertiary/aromatic N) is 2. The van der Waals surface area contributed by atoms with Crippen molar-refractivity contribution in [3.8, 4) is 0 Å². The van der Waals surface area contributed by atoms with Gasteiger partial charge < -0.3 is 10.5 Å². The van der Waals surface area contributed by atoms with Crippen molar-refractivity contribution in [2.75, 3.05) is 12.3 Å². The van der Waals surface area contributed by atoms with E-state index in [2.05, 4.69) is 16.3 Å². The molecular weight excluding hydrogens is 174 g/mol. The fourth-order valence-corrected chi connectivity index (χ4v) is 2.26. The zero-order chi connectivity index (χ0) is 8.55. The Kier molecular flexibility index (Phi) is 1.98. The van der Waals surface area contributed by atoms with Crippen molar-refractivity contribution in [3.05, 3.63) is 5.01 Å². The Labute approximate surface area is 74.9 Å². The highest BCUT2D eigenvalue weighted by Gasteiger charge is 2.28. The topological polar surface area (TPSA) is 61.0 Å². The molecule has 0 aliphatic carbocycles. The summed E-state index contributed by atoms with van der Waals surface area (Å²) in [5, 5.41) is 1.01. The fraction of sp³-hybridized carbons (Fsp3) is 0.714. The fourth-order valence-electron chi connectivity index (χ4n) is 1.45. The molecule has 1 fully saturated rings. The van der Waals surface area contributed by atoms with Crippen LogP contribution in [0.4, 0.5) is 5.95 Å². The van der Waals surface area contributed by atoms with Gasteiger partial charge in [0.05, 0.1) is 6.10 Å². The summed E-state index contributed by atoms with van der Waals surface area (Å²) in [5.74, 6) is 0.786. The molecule has 2 rings (SSSR count). The summed E-state index contributed by atoms with van der Waals surface area (Å²) in [5.41, 5.74) is 5.44. The van der Waals surface area contributed by atoms with Crippen molar-refractivity contribution in [2.24, 2.45) is 0 Å². The molecule has 1 aliphatic rings. The second kappa shape index (κ2) is 2.99. The largest absolute Gasteiger partial charge is 0.378 e. The van der Waals surface area contributed by atoms with Crippen molar-refractivity contribution in [3.63, 3.8) is 0 Å². The quantitative estimate of drug-likeness (QED) is 0.709. The van der Waals surface area contributed by atoms with Crippen molar-refractivity contribution in [1.82, 2.24) is 9.36 Å². The van der Waals surface area contributed by atoms with Crippen molar-refractivity contribution < 1.29 is 4.74 Å². The van der Waals surface area contributed by atoms with Crippen LogP contribution in [-0.2, 0) is 4.74 Å². The van der Waals surface area contributed by atoms with E-state index in [1.54, 1.807) is 0 Å². The molecule has 2 N–H and O–H groups in total. The van der Waals surface area contributed by atoms with Crippen LogP contribution in [0.3, 0.4) is 0 Å². The third-order valence-corrected chi connectivity index (χ3v) is 3.01. The second-order valence-corrected chi connectivity index (χ2v) is 3.75. The lowest BCUT2D eigenvalue weighted by atomic mass is 10.0. The zero-order valence-electron chi connectivity index (χ0n) is 6.86. The molecule has 0 radical (unpaired) electrons. The first kappa shape index (κ1) is 7.94. The second-order valence-electron chi connectivity index (χ2n) is 2.96. The molecule has 0 amide bonds. The highest BCUT2D eigenvalue weighted by atomic mass is 32.1. The molecule has 2 atom stereocenters. The molecule has 2 unspecified atom stereocenters. The van der Waals surface area contributed by atoms with Gasteiger partial charge in [0.15, 0.2) is 0 Å². The molecule has 2 heterocycles. The van der Waals surface area contributed by atoms with Crippen LogP contribution in [0.25, 0.3) is 0 Å². The Bertz CT molecular complexity index is 275. The van der Waals surface area contributed by atoms with E-state index in [0.717, 1.165) is 18.0 Å². The molecule has 12 heavy (non-hydrogen) atoms. The first-order valence-electron chi connectivity index (χ1n) is 3.98. The van der Waals surface area contributed by atoms with Gasteiger partial charge in [-0.25, -0.2) is 4.98 Å². The van der Waals surface area contributed by atoms with Crippen LogP contribution in [0, 0.1) is 0 Å². The monoisotopic (exact) mass is 185 g/mol. The Balaban J connectivity index is 2.19. The summed E-state index contributed by atoms with van der Waals surface area (Å²) < 4.78 is 9.38. The number of nitrogen functional groups attached to an aromatic ring is 1. The smallest absolute Gasteiger partial charge is 0.232 e. The van der Waals surface area contributed by atoms with Crippen molar-refractivity contribution in [2.45, 2.75) is 25.4 Å². The van der Waals surface area contributed by atoms with Crippen LogP contribution < -0.4 is 5.73 Å². The van der Waals surface area contributed by atoms with Gasteiger partial charge in [0.2, 0.25) is 5.95 Å². The van der Waals surface area contributed by atoms with E-state index in [-0.39, 0.29) is 6.10 Å². The number of hydrogen-bond acceptors (Lipinski definition) is 5. The van der Waals surface area contributed by atoms with E-state index in [1.807, 2.05) is 0 Å². The van der Waals surface area contributed by atoms with Gasteiger partial charge in [0, 0.05) is 12.5 Å². The predicted octanol–water partition coefficient (Wildman–Crippen LogP) is 1.01. The lowest BCUT2D eigenvalue weighted by Crippen LogP contribution is -2.08. The summed E-state index contributed by atoms with van der Waals surface area (Å²) in [6.45, 7) is 2.89. The molecule has 1 saturated heterocycles. The minimum absolute atomic E-state index is 0.261. The average Bonchev–Trinajstić information content (AvgIpc) is 2.58. The molecule has 66 valence electrons. The standard InChI is InChI=1S/C7H11N3OS/c1-4-5(2-3-11-4)6-9-7(8)10-12-6/h4-5H,2-3H2,1H3,(H2,8,10). The molecule has 0 aromatic carbocycles. The maximum Gasteiger partial charge on any atom is 0.232 e. The van der Waals surface area contributed by atoms with Gasteiger partial charge in [-0.1, -0.05) is 0 Å². The van der Waals surface area contributed by atoms with Crippen molar-refractivity contribution in [1.29, 1.82) is 0 Å². The average molecular weight is 185 g/mol. The van der Waals surface area contributed by atoms with Crippen LogP contribution in [0.15, 0.2) is 0 Å². The van der Waals surface area contributed by atoms with Crippen LogP contribution >= 0.6 is 11.5 Å². The number of ether oxygens (including phenoxy) is 1. The highest BCUT2D eigenvalue weighted by molar-refractivity contribution is 7.05. The highest BCUT2D eigenvalue weighted by Crippen LogP contribution is 2.31. The number of rotatable bonds is 1. The van der Waals surface area contributed by atoms with E-state index in [4.69, 9.17) is 10.5 Å². The lowest BCUT2D eigenvalue weighted by molar-refractivity contribution is 0.118. The van der Waals surface area contributed by atoms with E-state index >= 15 is 0 Å².